The zero-order chi connectivity index (χ0) is 21.4. The Kier molecular flexibility index (Phi) is 5.42. The lowest BCUT2D eigenvalue weighted by Gasteiger charge is -2.52. The van der Waals surface area contributed by atoms with E-state index >= 15 is 0 Å². The molecule has 164 valence electrons. The Labute approximate surface area is 184 Å². The summed E-state index contributed by atoms with van der Waals surface area (Å²) in [6.45, 7) is 4.24. The summed E-state index contributed by atoms with van der Waals surface area (Å²) in [4.78, 5) is 37.4. The van der Waals surface area contributed by atoms with Gasteiger partial charge in [-0.1, -0.05) is 6.07 Å². The largest absolute Gasteiger partial charge is 0.341 e. The van der Waals surface area contributed by atoms with Gasteiger partial charge in [0.2, 0.25) is 5.91 Å². The SMILES string of the molecule is CN1CCCC2(CCN(C(=O)c3ccc4ncccc4c3)CC2)C1C(=O)N1CCCC1. The topological polar surface area (TPSA) is 56.8 Å². The second-order valence-electron chi connectivity index (χ2n) is 9.58. The number of aromatic nitrogens is 1. The number of piperidine rings is 2. The van der Waals surface area contributed by atoms with Gasteiger partial charge in [0.05, 0.1) is 11.6 Å². The molecule has 31 heavy (non-hydrogen) atoms. The van der Waals surface area contributed by atoms with E-state index in [0.717, 1.165) is 87.7 Å². The predicted molar refractivity (Wildman–Crippen MR) is 121 cm³/mol. The van der Waals surface area contributed by atoms with Crippen LogP contribution in [0, 0.1) is 5.41 Å². The van der Waals surface area contributed by atoms with E-state index in [0.29, 0.717) is 5.91 Å². The average molecular weight is 421 g/mol. The van der Waals surface area contributed by atoms with Gasteiger partial charge in [-0.3, -0.25) is 19.5 Å². The summed E-state index contributed by atoms with van der Waals surface area (Å²) < 4.78 is 0. The minimum Gasteiger partial charge on any atom is -0.341 e. The summed E-state index contributed by atoms with van der Waals surface area (Å²) in [6, 6.07) is 9.62. The van der Waals surface area contributed by atoms with E-state index in [2.05, 4.69) is 21.8 Å². The first kappa shape index (κ1) is 20.4. The molecule has 0 bridgehead atoms. The highest BCUT2D eigenvalue weighted by molar-refractivity contribution is 5.98. The minimum absolute atomic E-state index is 0.00322. The van der Waals surface area contributed by atoms with Gasteiger partial charge in [0, 0.05) is 43.3 Å². The summed E-state index contributed by atoms with van der Waals surface area (Å²) >= 11 is 0. The Hall–Kier alpha value is -2.47. The molecule has 0 radical (unpaired) electrons. The third-order valence-corrected chi connectivity index (χ3v) is 7.75. The van der Waals surface area contributed by atoms with Crippen LogP contribution in [0.4, 0.5) is 0 Å². The molecule has 2 aromatic rings. The maximum absolute atomic E-state index is 13.4. The summed E-state index contributed by atoms with van der Waals surface area (Å²) in [5, 5.41) is 0.993. The first-order valence-corrected chi connectivity index (χ1v) is 11.7. The normalized spacial score (nSPS) is 24.1. The van der Waals surface area contributed by atoms with Crippen molar-refractivity contribution in [2.24, 2.45) is 5.41 Å². The lowest BCUT2D eigenvalue weighted by atomic mass is 9.66. The zero-order valence-corrected chi connectivity index (χ0v) is 18.4. The highest BCUT2D eigenvalue weighted by Gasteiger charge is 2.50. The van der Waals surface area contributed by atoms with E-state index in [-0.39, 0.29) is 17.4 Å². The number of rotatable bonds is 2. The molecule has 0 saturated carbocycles. The molecule has 0 aliphatic carbocycles. The molecule has 3 aliphatic heterocycles. The van der Waals surface area contributed by atoms with Crippen LogP contribution in [-0.2, 0) is 4.79 Å². The van der Waals surface area contributed by atoms with Crippen molar-refractivity contribution < 1.29 is 9.59 Å². The first-order valence-electron chi connectivity index (χ1n) is 11.7. The number of pyridine rings is 1. The Morgan fingerprint density at radius 2 is 1.71 bits per heavy atom. The van der Waals surface area contributed by atoms with Crippen molar-refractivity contribution in [3.63, 3.8) is 0 Å². The molecular weight excluding hydrogens is 388 g/mol. The van der Waals surface area contributed by atoms with Crippen molar-refractivity contribution >= 4 is 22.7 Å². The Morgan fingerprint density at radius 1 is 0.935 bits per heavy atom. The van der Waals surface area contributed by atoms with E-state index in [1.54, 1.807) is 6.20 Å². The number of nitrogens with zero attached hydrogens (tertiary/aromatic N) is 4. The van der Waals surface area contributed by atoms with Crippen molar-refractivity contribution in [3.8, 4) is 0 Å². The Bertz CT molecular complexity index is 976. The summed E-state index contributed by atoms with van der Waals surface area (Å²) in [5.41, 5.74) is 1.63. The van der Waals surface area contributed by atoms with Crippen LogP contribution in [0.1, 0.15) is 48.9 Å². The Morgan fingerprint density at radius 3 is 2.48 bits per heavy atom. The van der Waals surface area contributed by atoms with E-state index in [9.17, 15) is 9.59 Å². The second kappa shape index (κ2) is 8.23. The van der Waals surface area contributed by atoms with Crippen molar-refractivity contribution in [1.82, 2.24) is 19.7 Å². The quantitative estimate of drug-likeness (QED) is 0.749. The molecule has 3 aliphatic rings. The highest BCUT2D eigenvalue weighted by atomic mass is 16.2. The van der Waals surface area contributed by atoms with E-state index in [4.69, 9.17) is 0 Å². The number of fused-ring (bicyclic) bond motifs is 1. The lowest BCUT2D eigenvalue weighted by molar-refractivity contribution is -0.145. The van der Waals surface area contributed by atoms with Gasteiger partial charge in [0.15, 0.2) is 0 Å². The number of likely N-dealkylation sites (N-methyl/N-ethyl adjacent to an activating group) is 1. The molecule has 1 atom stereocenters. The third kappa shape index (κ3) is 3.71. The molecule has 1 spiro atoms. The van der Waals surface area contributed by atoms with Crippen LogP contribution in [-0.4, -0.2) is 77.3 Å². The van der Waals surface area contributed by atoms with Gasteiger partial charge >= 0.3 is 0 Å². The second-order valence-corrected chi connectivity index (χ2v) is 9.58. The van der Waals surface area contributed by atoms with Crippen molar-refractivity contribution in [1.29, 1.82) is 0 Å². The van der Waals surface area contributed by atoms with E-state index < -0.39 is 0 Å². The monoisotopic (exact) mass is 420 g/mol. The molecule has 2 amide bonds. The van der Waals surface area contributed by atoms with Crippen LogP contribution in [0.25, 0.3) is 10.9 Å². The molecule has 1 aromatic heterocycles. The van der Waals surface area contributed by atoms with E-state index in [1.165, 1.54) is 0 Å². The lowest BCUT2D eigenvalue weighted by Crippen LogP contribution is -2.61. The molecular formula is C25H32N4O2. The number of carbonyl (C=O) groups excluding carboxylic acids is 2. The maximum atomic E-state index is 13.4. The molecule has 5 rings (SSSR count). The van der Waals surface area contributed by atoms with Gasteiger partial charge in [-0.15, -0.1) is 0 Å². The summed E-state index contributed by atoms with van der Waals surface area (Å²) in [6.07, 6.45) is 8.05. The predicted octanol–water partition coefficient (Wildman–Crippen LogP) is 3.17. The summed E-state index contributed by atoms with van der Waals surface area (Å²) in [5.74, 6) is 0.411. The average Bonchev–Trinajstić information content (AvgIpc) is 3.34. The standard InChI is InChI=1S/C25H32N4O2/c1-27-13-5-9-25(22(27)24(31)28-14-2-3-15-28)10-16-29(17-11-25)23(30)20-7-8-21-19(18-20)6-4-12-26-21/h4,6-8,12,18,22H,2-3,5,9-11,13-17H2,1H3. The van der Waals surface area contributed by atoms with Crippen molar-refractivity contribution in [2.45, 2.75) is 44.6 Å². The van der Waals surface area contributed by atoms with Gasteiger partial charge in [-0.2, -0.15) is 0 Å². The number of benzene rings is 1. The van der Waals surface area contributed by atoms with Crippen LogP contribution in [0.2, 0.25) is 0 Å². The zero-order valence-electron chi connectivity index (χ0n) is 18.4. The molecule has 1 aromatic carbocycles. The summed E-state index contributed by atoms with van der Waals surface area (Å²) in [7, 11) is 2.11. The van der Waals surface area contributed by atoms with Crippen molar-refractivity contribution in [2.75, 3.05) is 39.8 Å². The number of carbonyl (C=O) groups is 2. The van der Waals surface area contributed by atoms with Crippen LogP contribution in [0.5, 0.6) is 0 Å². The fraction of sp³-hybridized carbons (Fsp3) is 0.560. The van der Waals surface area contributed by atoms with Gasteiger partial charge in [0.25, 0.3) is 5.91 Å². The van der Waals surface area contributed by atoms with Crippen LogP contribution < -0.4 is 0 Å². The van der Waals surface area contributed by atoms with Crippen LogP contribution in [0.15, 0.2) is 36.5 Å². The van der Waals surface area contributed by atoms with Gasteiger partial charge in [-0.05, 0) is 81.8 Å². The van der Waals surface area contributed by atoms with Crippen LogP contribution >= 0.6 is 0 Å². The fourth-order valence-corrected chi connectivity index (χ4v) is 6.04. The smallest absolute Gasteiger partial charge is 0.253 e. The minimum atomic E-state index is -0.0386. The molecule has 6 heteroatoms. The maximum Gasteiger partial charge on any atom is 0.253 e. The van der Waals surface area contributed by atoms with Gasteiger partial charge < -0.3 is 9.80 Å². The number of amides is 2. The van der Waals surface area contributed by atoms with Crippen LogP contribution in [0.3, 0.4) is 0 Å². The number of hydrogen-bond acceptors (Lipinski definition) is 4. The first-order chi connectivity index (χ1) is 15.1. The van der Waals surface area contributed by atoms with Gasteiger partial charge in [0.1, 0.15) is 0 Å². The molecule has 0 N–H and O–H groups in total. The molecule has 3 fully saturated rings. The van der Waals surface area contributed by atoms with E-state index in [1.807, 2.05) is 35.2 Å². The van der Waals surface area contributed by atoms with Crippen molar-refractivity contribution in [3.05, 3.63) is 42.1 Å². The number of likely N-dealkylation sites (tertiary alicyclic amines) is 3. The number of hydrogen-bond donors (Lipinski definition) is 0. The molecule has 1 unspecified atom stereocenters. The third-order valence-electron chi connectivity index (χ3n) is 7.75. The highest BCUT2D eigenvalue weighted by Crippen LogP contribution is 2.45. The van der Waals surface area contributed by atoms with Gasteiger partial charge in [-0.25, -0.2) is 0 Å². The molecule has 3 saturated heterocycles. The Balaban J connectivity index is 1.32. The fourth-order valence-electron chi connectivity index (χ4n) is 6.04. The molecule has 4 heterocycles. The molecule has 6 nitrogen and oxygen atoms in total.